The normalized spacial score (nSPS) is 11.6. The maximum absolute atomic E-state index is 12.8. The Hall–Kier alpha value is -2.80. The van der Waals surface area contributed by atoms with Gasteiger partial charge in [0.15, 0.2) is 0 Å². The molecule has 0 saturated heterocycles. The number of hydrogen-bond acceptors (Lipinski definition) is 4. The van der Waals surface area contributed by atoms with Gasteiger partial charge in [-0.15, -0.1) is 0 Å². The molecular weight excluding hydrogens is 340 g/mol. The van der Waals surface area contributed by atoms with Crippen LogP contribution in [-0.4, -0.2) is 22.5 Å². The summed E-state index contributed by atoms with van der Waals surface area (Å²) < 4.78 is 26.0. The van der Waals surface area contributed by atoms with Crippen molar-refractivity contribution in [2.75, 3.05) is 0 Å². The summed E-state index contributed by atoms with van der Waals surface area (Å²) in [6, 6.07) is 13.7. The van der Waals surface area contributed by atoms with Crippen molar-refractivity contribution in [2.45, 2.75) is 25.2 Å². The molecule has 1 heterocycles. The lowest BCUT2D eigenvalue weighted by atomic mass is 10.1. The molecule has 0 aliphatic rings. The minimum absolute atomic E-state index is 0.0433. The van der Waals surface area contributed by atoms with Gasteiger partial charge in [-0.05, 0) is 42.7 Å². The molecule has 7 heteroatoms. The molecule has 3 rings (SSSR count). The summed E-state index contributed by atoms with van der Waals surface area (Å²) in [6.45, 7) is 3.65. The molecule has 0 saturated carbocycles. The first-order chi connectivity index (χ1) is 11.8. The lowest BCUT2D eigenvalue weighted by Crippen LogP contribution is -2.25. The number of aromatic hydroxyl groups is 1. The summed E-state index contributed by atoms with van der Waals surface area (Å²) in [5.41, 5.74) is 1.84. The minimum Gasteiger partial charge on any atom is -0.492 e. The Labute approximate surface area is 145 Å². The zero-order chi connectivity index (χ0) is 18.2. The van der Waals surface area contributed by atoms with Gasteiger partial charge >= 0.3 is 5.69 Å². The number of rotatable bonds is 4. The topological polar surface area (TPSA) is 92.2 Å². The zero-order valence-corrected chi connectivity index (χ0v) is 14.7. The van der Waals surface area contributed by atoms with Gasteiger partial charge in [0.25, 0.3) is 10.0 Å². The van der Waals surface area contributed by atoms with E-state index >= 15 is 0 Å². The van der Waals surface area contributed by atoms with Crippen LogP contribution in [0.3, 0.4) is 0 Å². The fraction of sp³-hybridized carbons (Fsp3) is 0.167. The highest BCUT2D eigenvalue weighted by atomic mass is 32.2. The van der Waals surface area contributed by atoms with Crippen LogP contribution in [0.25, 0.3) is 0 Å². The van der Waals surface area contributed by atoms with E-state index in [1.54, 1.807) is 13.0 Å². The molecular formula is C18H18N2O4S. The van der Waals surface area contributed by atoms with Crippen molar-refractivity contribution in [1.82, 2.24) is 8.96 Å². The standard InChI is InChI=1S/C18H18N2O4S/c1-12-8-9-15(10-13(12)2)25(23,24)20-17(21)16(19-18(20)22)11-14-6-4-3-5-7-14/h3-10,21H,11H2,1-2H3,(H,19,22). The summed E-state index contributed by atoms with van der Waals surface area (Å²) in [4.78, 5) is 14.6. The Kier molecular flexibility index (Phi) is 4.26. The second kappa shape index (κ2) is 6.25. The van der Waals surface area contributed by atoms with Gasteiger partial charge in [-0.25, -0.2) is 13.2 Å². The summed E-state index contributed by atoms with van der Waals surface area (Å²) >= 11 is 0. The Morgan fingerprint density at radius 3 is 2.36 bits per heavy atom. The second-order valence-electron chi connectivity index (χ2n) is 5.91. The molecule has 6 nitrogen and oxygen atoms in total. The molecule has 0 aliphatic heterocycles. The van der Waals surface area contributed by atoms with Gasteiger partial charge in [0.05, 0.1) is 10.6 Å². The smallest absolute Gasteiger partial charge is 0.343 e. The van der Waals surface area contributed by atoms with Crippen LogP contribution in [0.4, 0.5) is 0 Å². The molecule has 0 aliphatic carbocycles. The number of aromatic nitrogens is 2. The van der Waals surface area contributed by atoms with E-state index in [2.05, 4.69) is 4.98 Å². The van der Waals surface area contributed by atoms with Crippen LogP contribution in [0.15, 0.2) is 58.2 Å². The molecule has 130 valence electrons. The van der Waals surface area contributed by atoms with Crippen molar-refractivity contribution in [3.05, 3.63) is 81.4 Å². The molecule has 0 bridgehead atoms. The number of aryl methyl sites for hydroxylation is 2. The number of benzene rings is 2. The van der Waals surface area contributed by atoms with Crippen LogP contribution in [0.1, 0.15) is 22.4 Å². The first-order valence-electron chi connectivity index (χ1n) is 7.70. The van der Waals surface area contributed by atoms with Gasteiger partial charge in [0.2, 0.25) is 5.88 Å². The van der Waals surface area contributed by atoms with E-state index in [0.717, 1.165) is 16.7 Å². The lowest BCUT2D eigenvalue weighted by Gasteiger charge is -2.08. The molecule has 0 atom stereocenters. The van der Waals surface area contributed by atoms with E-state index < -0.39 is 21.6 Å². The molecule has 0 unspecified atom stereocenters. The number of aromatic amines is 1. The number of nitrogens with one attached hydrogen (secondary N) is 1. The first-order valence-corrected chi connectivity index (χ1v) is 9.14. The van der Waals surface area contributed by atoms with Crippen LogP contribution in [0.5, 0.6) is 5.88 Å². The lowest BCUT2D eigenvalue weighted by molar-refractivity contribution is 0.438. The predicted octanol–water partition coefficient (Wildman–Crippen LogP) is 2.33. The van der Waals surface area contributed by atoms with Gasteiger partial charge in [0.1, 0.15) is 0 Å². The fourth-order valence-electron chi connectivity index (χ4n) is 2.58. The summed E-state index contributed by atoms with van der Waals surface area (Å²) in [6.07, 6.45) is 0.220. The van der Waals surface area contributed by atoms with Gasteiger partial charge in [-0.1, -0.05) is 36.4 Å². The quantitative estimate of drug-likeness (QED) is 0.749. The highest BCUT2D eigenvalue weighted by Gasteiger charge is 2.26. The summed E-state index contributed by atoms with van der Waals surface area (Å²) in [5.74, 6) is -0.591. The van der Waals surface area contributed by atoms with Crippen LogP contribution in [-0.2, 0) is 16.4 Å². The van der Waals surface area contributed by atoms with Gasteiger partial charge < -0.3 is 10.1 Å². The molecule has 25 heavy (non-hydrogen) atoms. The van der Waals surface area contributed by atoms with E-state index in [-0.39, 0.29) is 17.0 Å². The monoisotopic (exact) mass is 358 g/mol. The Bertz CT molecular complexity index is 1080. The number of H-pyrrole nitrogens is 1. The third kappa shape index (κ3) is 3.10. The number of imidazole rings is 1. The first kappa shape index (κ1) is 17.0. The summed E-state index contributed by atoms with van der Waals surface area (Å²) in [7, 11) is -4.19. The SMILES string of the molecule is Cc1ccc(S(=O)(=O)n2c(O)c(Cc3ccccc3)[nH]c2=O)cc1C. The second-order valence-corrected chi connectivity index (χ2v) is 7.70. The average Bonchev–Trinajstić information content (AvgIpc) is 2.85. The zero-order valence-electron chi connectivity index (χ0n) is 13.9. The highest BCUT2D eigenvalue weighted by molar-refractivity contribution is 7.90. The van der Waals surface area contributed by atoms with E-state index in [1.165, 1.54) is 12.1 Å². The van der Waals surface area contributed by atoms with Crippen molar-refractivity contribution in [3.8, 4) is 5.88 Å². The molecule has 3 aromatic rings. The number of nitrogens with zero attached hydrogens (tertiary/aromatic N) is 1. The fourth-order valence-corrected chi connectivity index (χ4v) is 3.96. The van der Waals surface area contributed by atoms with Crippen molar-refractivity contribution < 1.29 is 13.5 Å². The third-order valence-corrected chi connectivity index (χ3v) is 5.81. The van der Waals surface area contributed by atoms with E-state index in [1.807, 2.05) is 37.3 Å². The van der Waals surface area contributed by atoms with Gasteiger partial charge in [-0.3, -0.25) is 0 Å². The average molecular weight is 358 g/mol. The molecule has 0 spiro atoms. The molecule has 0 amide bonds. The molecule has 1 aromatic heterocycles. The van der Waals surface area contributed by atoms with Crippen molar-refractivity contribution in [3.63, 3.8) is 0 Å². The van der Waals surface area contributed by atoms with Crippen molar-refractivity contribution in [1.29, 1.82) is 0 Å². The Balaban J connectivity index is 2.08. The van der Waals surface area contributed by atoms with Crippen LogP contribution in [0, 0.1) is 13.8 Å². The maximum atomic E-state index is 12.8. The van der Waals surface area contributed by atoms with Crippen LogP contribution >= 0.6 is 0 Å². The minimum atomic E-state index is -4.19. The molecule has 0 radical (unpaired) electrons. The largest absolute Gasteiger partial charge is 0.492 e. The third-order valence-electron chi connectivity index (χ3n) is 4.14. The van der Waals surface area contributed by atoms with E-state index in [9.17, 15) is 18.3 Å². The Morgan fingerprint density at radius 1 is 1.04 bits per heavy atom. The van der Waals surface area contributed by atoms with Crippen molar-refractivity contribution >= 4 is 10.0 Å². The van der Waals surface area contributed by atoms with Gasteiger partial charge in [-0.2, -0.15) is 3.97 Å². The maximum Gasteiger partial charge on any atom is 0.343 e. The number of hydrogen-bond donors (Lipinski definition) is 2. The summed E-state index contributed by atoms with van der Waals surface area (Å²) in [5, 5.41) is 10.3. The van der Waals surface area contributed by atoms with Crippen LogP contribution < -0.4 is 5.69 Å². The van der Waals surface area contributed by atoms with E-state index in [4.69, 9.17) is 0 Å². The molecule has 0 fully saturated rings. The highest BCUT2D eigenvalue weighted by Crippen LogP contribution is 2.23. The molecule has 2 aromatic carbocycles. The molecule has 2 N–H and O–H groups in total. The van der Waals surface area contributed by atoms with Gasteiger partial charge in [0, 0.05) is 6.42 Å². The van der Waals surface area contributed by atoms with Crippen LogP contribution in [0.2, 0.25) is 0 Å². The van der Waals surface area contributed by atoms with Crippen molar-refractivity contribution in [2.24, 2.45) is 0 Å². The predicted molar refractivity (Wildman–Crippen MR) is 94.5 cm³/mol. The Morgan fingerprint density at radius 2 is 1.72 bits per heavy atom. The van der Waals surface area contributed by atoms with E-state index in [0.29, 0.717) is 3.97 Å².